The summed E-state index contributed by atoms with van der Waals surface area (Å²) in [5, 5.41) is 3.02. The molecule has 0 saturated carbocycles. The molecule has 2 heterocycles. The van der Waals surface area contributed by atoms with Gasteiger partial charge in [0.1, 0.15) is 0 Å². The van der Waals surface area contributed by atoms with E-state index in [0.29, 0.717) is 32.5 Å². The van der Waals surface area contributed by atoms with Crippen LogP contribution in [0.2, 0.25) is 0 Å². The van der Waals surface area contributed by atoms with Gasteiger partial charge in [0.25, 0.3) is 5.91 Å². The Hall–Kier alpha value is -1.93. The van der Waals surface area contributed by atoms with Crippen molar-refractivity contribution in [2.45, 2.75) is 26.7 Å². The monoisotopic (exact) mass is 408 g/mol. The van der Waals surface area contributed by atoms with Gasteiger partial charge in [-0.2, -0.15) is 0 Å². The van der Waals surface area contributed by atoms with E-state index in [1.165, 1.54) is 0 Å². The Morgan fingerprint density at radius 2 is 1.82 bits per heavy atom. The van der Waals surface area contributed by atoms with E-state index in [-0.39, 0.29) is 29.2 Å². The van der Waals surface area contributed by atoms with E-state index < -0.39 is 9.84 Å². The predicted octanol–water partition coefficient (Wildman–Crippen LogP) is -0.206. The maximum Gasteiger partial charge on any atom is 0.279 e. The van der Waals surface area contributed by atoms with Crippen LogP contribution in [0, 0.1) is 19.8 Å². The number of piperazine rings is 1. The molecule has 0 aliphatic carbocycles. The minimum Gasteiger partial charge on any atom is -0.331 e. The summed E-state index contributed by atoms with van der Waals surface area (Å²) in [5.74, 6) is 0.344. The zero-order valence-electron chi connectivity index (χ0n) is 16.7. The fraction of sp³-hybridized carbons (Fsp3) is 0.600. The number of amides is 2. The van der Waals surface area contributed by atoms with Crippen molar-refractivity contribution in [1.82, 2.24) is 4.90 Å². The highest BCUT2D eigenvalue weighted by Gasteiger charge is 2.32. The van der Waals surface area contributed by atoms with E-state index in [4.69, 9.17) is 0 Å². The lowest BCUT2D eigenvalue weighted by Crippen LogP contribution is -3.15. The van der Waals surface area contributed by atoms with Crippen molar-refractivity contribution in [3.05, 3.63) is 29.3 Å². The van der Waals surface area contributed by atoms with Crippen LogP contribution >= 0.6 is 0 Å². The van der Waals surface area contributed by atoms with Crippen molar-refractivity contribution in [2.75, 3.05) is 49.5 Å². The lowest BCUT2D eigenvalue weighted by molar-refractivity contribution is -0.895. The number of nitrogens with one attached hydrogen (secondary N) is 2. The minimum absolute atomic E-state index is 0.0108. The second-order valence-corrected chi connectivity index (χ2v) is 10.3. The normalized spacial score (nSPS) is 22.2. The summed E-state index contributed by atoms with van der Waals surface area (Å²) >= 11 is 0. The molecule has 0 radical (unpaired) electrons. The molecule has 2 saturated heterocycles. The number of benzene rings is 1. The molecule has 2 N–H and O–H groups in total. The van der Waals surface area contributed by atoms with Crippen LogP contribution in [0.15, 0.2) is 18.2 Å². The number of carbonyl (C=O) groups is 2. The Labute approximate surface area is 167 Å². The maximum atomic E-state index is 12.5. The largest absolute Gasteiger partial charge is 0.331 e. The number of rotatable bonds is 5. The Morgan fingerprint density at radius 1 is 1.18 bits per heavy atom. The fourth-order valence-corrected chi connectivity index (χ4v) is 5.94. The summed E-state index contributed by atoms with van der Waals surface area (Å²) in [6, 6.07) is 5.94. The number of carbonyl (C=O) groups excluding carboxylic acids is 2. The van der Waals surface area contributed by atoms with Crippen LogP contribution in [-0.2, 0) is 19.4 Å². The maximum absolute atomic E-state index is 12.5. The van der Waals surface area contributed by atoms with Gasteiger partial charge in [-0.1, -0.05) is 18.2 Å². The van der Waals surface area contributed by atoms with Gasteiger partial charge < -0.3 is 15.1 Å². The third-order valence-corrected chi connectivity index (χ3v) is 7.61. The van der Waals surface area contributed by atoms with E-state index in [1.54, 1.807) is 0 Å². The van der Waals surface area contributed by atoms with Crippen LogP contribution < -0.4 is 10.2 Å². The van der Waals surface area contributed by atoms with Crippen molar-refractivity contribution < 1.29 is 22.9 Å². The van der Waals surface area contributed by atoms with Crippen LogP contribution in [0.25, 0.3) is 0 Å². The van der Waals surface area contributed by atoms with Gasteiger partial charge in [-0.15, -0.1) is 0 Å². The third kappa shape index (κ3) is 5.32. The molecule has 1 aromatic rings. The van der Waals surface area contributed by atoms with E-state index in [2.05, 4.69) is 5.32 Å². The highest BCUT2D eigenvalue weighted by atomic mass is 32.2. The lowest BCUT2D eigenvalue weighted by atomic mass is 10.0. The first-order chi connectivity index (χ1) is 13.2. The van der Waals surface area contributed by atoms with Gasteiger partial charge in [0.05, 0.1) is 37.7 Å². The zero-order valence-corrected chi connectivity index (χ0v) is 17.5. The number of nitrogens with zero attached hydrogens (tertiary/aromatic N) is 1. The molecule has 7 nitrogen and oxygen atoms in total. The van der Waals surface area contributed by atoms with Crippen molar-refractivity contribution in [2.24, 2.45) is 5.92 Å². The second kappa shape index (κ2) is 8.61. The van der Waals surface area contributed by atoms with Crippen molar-refractivity contribution >= 4 is 27.3 Å². The number of sulfone groups is 1. The Morgan fingerprint density at radius 3 is 2.39 bits per heavy atom. The molecule has 28 heavy (non-hydrogen) atoms. The average molecular weight is 409 g/mol. The summed E-state index contributed by atoms with van der Waals surface area (Å²) in [5.41, 5.74) is 2.98. The highest BCUT2D eigenvalue weighted by molar-refractivity contribution is 7.91. The third-order valence-electron chi connectivity index (χ3n) is 5.77. The molecule has 2 fully saturated rings. The van der Waals surface area contributed by atoms with E-state index in [1.807, 2.05) is 36.9 Å². The summed E-state index contributed by atoms with van der Waals surface area (Å²) in [6.07, 6.45) is 0.916. The lowest BCUT2D eigenvalue weighted by Gasteiger charge is -2.32. The van der Waals surface area contributed by atoms with Gasteiger partial charge in [0, 0.05) is 12.1 Å². The molecule has 8 heteroatoms. The quantitative estimate of drug-likeness (QED) is 0.706. The number of quaternary nitrogens is 1. The molecular weight excluding hydrogens is 378 g/mol. The number of para-hydroxylation sites is 1. The first kappa shape index (κ1) is 20.8. The van der Waals surface area contributed by atoms with Gasteiger partial charge in [-0.25, -0.2) is 8.42 Å². The first-order valence-electron chi connectivity index (χ1n) is 9.91. The molecule has 1 atom stereocenters. The number of hydrogen-bond donors (Lipinski definition) is 2. The Balaban J connectivity index is 1.44. The van der Waals surface area contributed by atoms with Gasteiger partial charge in [0.2, 0.25) is 5.91 Å². The molecule has 3 rings (SSSR count). The highest BCUT2D eigenvalue weighted by Crippen LogP contribution is 2.22. The molecule has 0 unspecified atom stereocenters. The topological polar surface area (TPSA) is 88.0 Å². The van der Waals surface area contributed by atoms with Crippen LogP contribution in [-0.4, -0.2) is 69.4 Å². The molecule has 2 aliphatic heterocycles. The first-order valence-corrected chi connectivity index (χ1v) is 11.7. The fourth-order valence-electron chi connectivity index (χ4n) is 4.08. The van der Waals surface area contributed by atoms with Gasteiger partial charge in [-0.3, -0.25) is 9.59 Å². The van der Waals surface area contributed by atoms with Gasteiger partial charge in [-0.05, 0) is 37.3 Å². The van der Waals surface area contributed by atoms with Crippen molar-refractivity contribution in [3.63, 3.8) is 0 Å². The molecule has 2 amide bonds. The van der Waals surface area contributed by atoms with Crippen molar-refractivity contribution in [1.29, 1.82) is 0 Å². The number of anilines is 1. The van der Waals surface area contributed by atoms with Gasteiger partial charge in [0.15, 0.2) is 16.4 Å². The molecule has 0 spiro atoms. The molecular formula is C20H30N3O4S+. The second-order valence-electron chi connectivity index (χ2n) is 8.10. The Bertz CT molecular complexity index is 825. The smallest absolute Gasteiger partial charge is 0.279 e. The van der Waals surface area contributed by atoms with Crippen LogP contribution in [0.5, 0.6) is 0 Å². The molecule has 0 aromatic heterocycles. The summed E-state index contributed by atoms with van der Waals surface area (Å²) < 4.78 is 23.1. The summed E-state index contributed by atoms with van der Waals surface area (Å²) in [4.78, 5) is 27.9. The van der Waals surface area contributed by atoms with Crippen LogP contribution in [0.4, 0.5) is 5.69 Å². The number of aryl methyl sites for hydroxylation is 2. The predicted molar refractivity (Wildman–Crippen MR) is 108 cm³/mol. The molecule has 0 bridgehead atoms. The van der Waals surface area contributed by atoms with Crippen LogP contribution in [0.1, 0.15) is 24.0 Å². The zero-order chi connectivity index (χ0) is 20.3. The minimum atomic E-state index is -2.95. The molecule has 154 valence electrons. The summed E-state index contributed by atoms with van der Waals surface area (Å²) in [7, 11) is -2.95. The van der Waals surface area contributed by atoms with E-state index in [9.17, 15) is 18.0 Å². The van der Waals surface area contributed by atoms with Gasteiger partial charge >= 0.3 is 0 Å². The van der Waals surface area contributed by atoms with E-state index in [0.717, 1.165) is 34.8 Å². The average Bonchev–Trinajstić information content (AvgIpc) is 2.97. The van der Waals surface area contributed by atoms with Crippen molar-refractivity contribution in [3.8, 4) is 0 Å². The SMILES string of the molecule is Cc1cccc(C)c1NC(=O)C[NH+]1CCN(C(=O)C[C@@H]2CCS(=O)(=O)C2)CC1. The number of hydrogen-bond acceptors (Lipinski definition) is 4. The molecule has 1 aromatic carbocycles. The summed E-state index contributed by atoms with van der Waals surface area (Å²) in [6.45, 7) is 7.04. The Kier molecular flexibility index (Phi) is 6.40. The van der Waals surface area contributed by atoms with Crippen LogP contribution in [0.3, 0.4) is 0 Å². The molecule has 2 aliphatic rings. The standard InChI is InChI=1S/C20H29N3O4S/c1-15-4-3-5-16(2)20(15)21-18(24)13-22-7-9-23(10-8-22)19(25)12-17-6-11-28(26,27)14-17/h3-5,17H,6-14H2,1-2H3,(H,21,24)/p+1/t17-/m0/s1. The van der Waals surface area contributed by atoms with E-state index >= 15 is 0 Å².